The number of hydrogen-bond acceptors (Lipinski definition) is 35. The number of aldehydes is 1. The molecule has 0 unspecified atom stereocenters. The molecule has 35 heteroatoms. The predicted molar refractivity (Wildman–Crippen MR) is 350 cm³/mol. The summed E-state index contributed by atoms with van der Waals surface area (Å²) in [6, 6.07) is 0. The Balaban J connectivity index is 0.828. The van der Waals surface area contributed by atoms with Crippen LogP contribution in [0.5, 0.6) is 0 Å². The lowest BCUT2D eigenvalue weighted by atomic mass is 9.33. The van der Waals surface area contributed by atoms with E-state index in [9.17, 15) is 96.4 Å². The van der Waals surface area contributed by atoms with E-state index >= 15 is 4.79 Å². The quantitative estimate of drug-likeness (QED) is 0.0281. The van der Waals surface area contributed by atoms with E-state index in [0.717, 1.165) is 19.0 Å². The molecule has 42 atom stereocenters. The molecule has 7 aliphatic heterocycles. The minimum absolute atomic E-state index is 0.114. The second-order valence-electron chi connectivity index (χ2n) is 33.6. The number of fused-ring (bicyclic) bond motifs is 7. The van der Waals surface area contributed by atoms with E-state index in [-0.39, 0.29) is 17.8 Å². The highest BCUT2D eigenvalue weighted by Gasteiger charge is 2.72. The lowest BCUT2D eigenvalue weighted by Gasteiger charge is -2.71. The van der Waals surface area contributed by atoms with Crippen molar-refractivity contribution >= 4 is 18.2 Å². The summed E-state index contributed by atoms with van der Waals surface area (Å²) in [5.41, 5.74) is -3.58. The number of hydrogen-bond donors (Lipinski definition) is 17. The fourth-order valence-corrected chi connectivity index (χ4v) is 20.2. The molecule has 7 saturated heterocycles. The number of aliphatic hydroxyl groups is 17. The monoisotopic (exact) mass is 1520 g/mol. The summed E-state index contributed by atoms with van der Waals surface area (Å²) in [6.07, 6.45) is -51.1. The summed E-state index contributed by atoms with van der Waals surface area (Å²) >= 11 is 0. The van der Waals surface area contributed by atoms with Crippen LogP contribution in [-0.2, 0) is 85.4 Å². The Bertz CT molecular complexity index is 3100. The van der Waals surface area contributed by atoms with Crippen LogP contribution in [0.1, 0.15) is 127 Å². The molecule has 106 heavy (non-hydrogen) atoms. The molecule has 11 fully saturated rings. The molecule has 0 spiro atoms. The molecule has 0 aromatic rings. The first kappa shape index (κ1) is 82.6. The van der Waals surface area contributed by atoms with Gasteiger partial charge in [0.1, 0.15) is 134 Å². The van der Waals surface area contributed by atoms with Gasteiger partial charge in [-0.3, -0.25) is 4.79 Å². The highest BCUT2D eigenvalue weighted by atomic mass is 16.8. The first-order valence-corrected chi connectivity index (χ1v) is 37.2. The van der Waals surface area contributed by atoms with Gasteiger partial charge in [0.15, 0.2) is 49.9 Å². The number of aliphatic hydroxyl groups excluding tert-OH is 17. The Morgan fingerprint density at radius 1 is 0.491 bits per heavy atom. The number of rotatable bonds is 17. The normalized spacial score (nSPS) is 54.6. The van der Waals surface area contributed by atoms with Crippen molar-refractivity contribution in [3.8, 4) is 0 Å². The lowest BCUT2D eigenvalue weighted by molar-refractivity contribution is -0.391. The molecular formula is C71H112O35. The number of carbonyl (C=O) groups is 3. The lowest BCUT2D eigenvalue weighted by Crippen LogP contribution is -2.69. The van der Waals surface area contributed by atoms with Gasteiger partial charge in [-0.15, -0.1) is 0 Å². The zero-order valence-electron chi connectivity index (χ0n) is 61.2. The van der Waals surface area contributed by atoms with E-state index in [0.29, 0.717) is 57.8 Å². The van der Waals surface area contributed by atoms with Crippen LogP contribution in [0.2, 0.25) is 0 Å². The zero-order chi connectivity index (χ0) is 77.3. The molecule has 12 rings (SSSR count). The second kappa shape index (κ2) is 31.2. The molecular weight excluding hydrogens is 1410 g/mol. The van der Waals surface area contributed by atoms with Crippen LogP contribution in [-0.4, -0.2) is 341 Å². The third kappa shape index (κ3) is 14.2. The summed E-state index contributed by atoms with van der Waals surface area (Å²) in [6.45, 7) is 15.2. The number of ether oxygens (including phenoxy) is 15. The van der Waals surface area contributed by atoms with Crippen LogP contribution >= 0.6 is 0 Å². The topological polar surface area (TPSA) is 534 Å². The summed E-state index contributed by atoms with van der Waals surface area (Å²) in [7, 11) is 1.02. The van der Waals surface area contributed by atoms with Crippen molar-refractivity contribution in [1.29, 1.82) is 0 Å². The molecule has 35 nitrogen and oxygen atoms in total. The Morgan fingerprint density at radius 3 is 1.60 bits per heavy atom. The molecule has 12 aliphatic rings. The molecule has 0 aromatic carbocycles. The molecule has 5 aliphatic carbocycles. The van der Waals surface area contributed by atoms with Crippen molar-refractivity contribution in [2.75, 3.05) is 26.9 Å². The van der Waals surface area contributed by atoms with Crippen LogP contribution in [0.3, 0.4) is 0 Å². The van der Waals surface area contributed by atoms with Crippen molar-refractivity contribution < 1.29 is 172 Å². The van der Waals surface area contributed by atoms with Crippen LogP contribution in [0.25, 0.3) is 0 Å². The Labute approximate surface area is 612 Å². The second-order valence-corrected chi connectivity index (χ2v) is 33.6. The fourth-order valence-electron chi connectivity index (χ4n) is 20.2. The van der Waals surface area contributed by atoms with Crippen molar-refractivity contribution in [2.24, 2.45) is 50.2 Å². The van der Waals surface area contributed by atoms with Gasteiger partial charge < -0.3 is 163 Å². The minimum atomic E-state index is -2.08. The standard InChI is InChI=1S/C71H112O35/c1-26-37(76)42(81)47(86)60(95-26)102-52-38(77)27(2)96-63(55(52)104-61-49(88)44(83)51(28(3)97-61)100-58-45(84)39(78)31(74)23-93-58)106-65(91)71-19-17-66(4,5)21-30(71)29-11-12-35-67(6)15-14-36(68(7,25-73)34(67)13-16-70(35,9)69(29,8)18-20-71)99-64-56(105-62-48(87)43(82)41(80)33(22-72)98-62)53(50(89)54(103-64)57(90)92-10)101-59-46(85)40(79)32(75)24-94-59/h11,25-28,30-56,58-64,72,74-89H,12-24H2,1-10H3/t26-,27+,28-,30-,31+,32-,33+,34+,35+,36-,37-,38+,39-,40-,41-,42+,43-,44-,45+,46+,47+,48+,49+,50-,51-,52-,53-,54-,55+,56+,58-,59-,60-,61-,62-,63-,64+,67-,68-,69+,70+,71-/m0/s1. The van der Waals surface area contributed by atoms with Gasteiger partial charge in [0.25, 0.3) is 0 Å². The smallest absolute Gasteiger partial charge is 0.337 e. The van der Waals surface area contributed by atoms with Crippen molar-refractivity contribution in [2.45, 2.75) is 335 Å². The SMILES string of the molecule is COC(=O)[C@H]1O[C@@H](O[C@H]2CC[C@]3(C)[C@H]4CC=C5[C@@H]6CC(C)(C)CC[C@]6(C(=O)O[C@@H]6O[C@H](C)[C@@H](O)[C@H](O[C@@H]7O[C@@H](C)[C@H](O)[C@@H](O)[C@H]7O)[C@H]6O[C@@H]6O[C@@H](C)[C@H](O[C@@H]7OC[C@@H](O)[C@H](O)[C@H]7O)[C@@H](O)[C@H]6O)CC[C@@]5(C)[C@]4(C)CC[C@H]3[C@]2(C)C=O)[C@H](O[C@@H]2O[C@H](CO)[C@H](O)[C@H](O)[C@H]2O)[C@@H](O[C@@H]2OC[C@H](O)[C@H](O)[C@H]2O)[C@@H]1O. The summed E-state index contributed by atoms with van der Waals surface area (Å²) in [5, 5.41) is 187. The third-order valence-corrected chi connectivity index (χ3v) is 27.0. The van der Waals surface area contributed by atoms with Crippen LogP contribution < -0.4 is 0 Å². The average molecular weight is 1530 g/mol. The summed E-state index contributed by atoms with van der Waals surface area (Å²) in [4.78, 5) is 44.0. The molecule has 0 amide bonds. The predicted octanol–water partition coefficient (Wildman–Crippen LogP) is -4.84. The fraction of sp³-hybridized carbons (Fsp3) is 0.930. The average Bonchev–Trinajstić information content (AvgIpc) is 0.674. The highest BCUT2D eigenvalue weighted by Crippen LogP contribution is 2.76. The van der Waals surface area contributed by atoms with Gasteiger partial charge in [-0.25, -0.2) is 4.79 Å². The summed E-state index contributed by atoms with van der Waals surface area (Å²) in [5.74, 6) is -2.80. The van der Waals surface area contributed by atoms with Gasteiger partial charge in [-0.05, 0) is 124 Å². The molecule has 0 radical (unpaired) electrons. The largest absolute Gasteiger partial charge is 0.467 e. The van der Waals surface area contributed by atoms with Crippen LogP contribution in [0.15, 0.2) is 11.6 Å². The van der Waals surface area contributed by atoms with E-state index in [1.165, 1.54) is 20.8 Å². The Morgan fingerprint density at radius 2 is 1.00 bits per heavy atom. The van der Waals surface area contributed by atoms with Gasteiger partial charge in [-0.1, -0.05) is 53.2 Å². The molecule has 17 N–H and O–H groups in total. The van der Waals surface area contributed by atoms with Crippen molar-refractivity contribution in [3.63, 3.8) is 0 Å². The maximum Gasteiger partial charge on any atom is 0.337 e. The van der Waals surface area contributed by atoms with E-state index in [2.05, 4.69) is 40.7 Å². The molecule has 0 aromatic heterocycles. The van der Waals surface area contributed by atoms with E-state index < -0.39 is 280 Å². The van der Waals surface area contributed by atoms with E-state index in [1.807, 2.05) is 0 Å². The van der Waals surface area contributed by atoms with Gasteiger partial charge in [0.2, 0.25) is 6.29 Å². The maximum atomic E-state index is 16.1. The van der Waals surface area contributed by atoms with Crippen LogP contribution in [0.4, 0.5) is 0 Å². The van der Waals surface area contributed by atoms with Gasteiger partial charge in [0.05, 0.1) is 62.2 Å². The Kier molecular flexibility index (Phi) is 24.3. The van der Waals surface area contributed by atoms with Crippen molar-refractivity contribution in [1.82, 2.24) is 0 Å². The number of esters is 2. The number of allylic oxidation sites excluding steroid dienone is 2. The van der Waals surface area contributed by atoms with Crippen LogP contribution in [0, 0.1) is 50.2 Å². The van der Waals surface area contributed by atoms with Crippen molar-refractivity contribution in [3.05, 3.63) is 11.6 Å². The van der Waals surface area contributed by atoms with E-state index in [4.69, 9.17) is 71.1 Å². The number of methoxy groups -OCH3 is 1. The zero-order valence-corrected chi connectivity index (χ0v) is 61.2. The molecule has 4 saturated carbocycles. The molecule has 0 bridgehead atoms. The minimum Gasteiger partial charge on any atom is -0.467 e. The maximum absolute atomic E-state index is 16.1. The van der Waals surface area contributed by atoms with Gasteiger partial charge in [-0.2, -0.15) is 0 Å². The van der Waals surface area contributed by atoms with E-state index in [1.54, 1.807) is 6.92 Å². The van der Waals surface area contributed by atoms with Gasteiger partial charge >= 0.3 is 11.9 Å². The third-order valence-electron chi connectivity index (χ3n) is 27.0. The first-order chi connectivity index (χ1) is 49.8. The Hall–Kier alpha value is -2.85. The first-order valence-electron chi connectivity index (χ1n) is 37.2. The highest BCUT2D eigenvalue weighted by molar-refractivity contribution is 5.79. The molecule has 7 heterocycles. The molecule has 606 valence electrons. The number of carbonyl (C=O) groups excluding carboxylic acids is 3. The summed E-state index contributed by atoms with van der Waals surface area (Å²) < 4.78 is 91.1. The van der Waals surface area contributed by atoms with Gasteiger partial charge in [0, 0.05) is 0 Å².